The molecule has 1 fully saturated rings. The van der Waals surface area contributed by atoms with Crippen LogP contribution in [-0.2, 0) is 26.6 Å². The second-order valence-electron chi connectivity index (χ2n) is 6.68. The highest BCUT2D eigenvalue weighted by atomic mass is 35.5. The topological polar surface area (TPSA) is 48.0 Å². The predicted molar refractivity (Wildman–Crippen MR) is 103 cm³/mol. The van der Waals surface area contributed by atoms with Crippen molar-refractivity contribution in [1.29, 1.82) is 0 Å². The lowest BCUT2D eigenvalue weighted by atomic mass is 10.1. The van der Waals surface area contributed by atoms with Crippen LogP contribution in [0.4, 0.5) is 5.69 Å². The Hall–Kier alpha value is -2.08. The molecule has 0 bridgehead atoms. The van der Waals surface area contributed by atoms with Crippen LogP contribution in [0.25, 0.3) is 0 Å². The van der Waals surface area contributed by atoms with Crippen LogP contribution < -0.4 is 9.64 Å². The summed E-state index contributed by atoms with van der Waals surface area (Å²) in [6.07, 6.45) is 2.06. The molecule has 142 valence electrons. The highest BCUT2D eigenvalue weighted by Crippen LogP contribution is 2.47. The van der Waals surface area contributed by atoms with Gasteiger partial charge in [-0.05, 0) is 30.7 Å². The first kappa shape index (κ1) is 18.3. The van der Waals surface area contributed by atoms with Crippen LogP contribution in [0.5, 0.6) is 5.75 Å². The minimum absolute atomic E-state index is 0.222. The summed E-state index contributed by atoms with van der Waals surface area (Å²) in [5.41, 5.74) is 2.37. The maximum atomic E-state index is 13.3. The van der Waals surface area contributed by atoms with Gasteiger partial charge in [0.05, 0.1) is 32.1 Å². The summed E-state index contributed by atoms with van der Waals surface area (Å²) in [5, 5.41) is 0.546. The Labute approximate surface area is 163 Å². The lowest BCUT2D eigenvalue weighted by molar-refractivity contribution is -0.180. The van der Waals surface area contributed by atoms with E-state index >= 15 is 0 Å². The number of para-hydroxylation sites is 1. The molecular formula is C21H22ClNO4. The van der Waals surface area contributed by atoms with E-state index in [1.54, 1.807) is 17.0 Å². The third-order valence-electron chi connectivity index (χ3n) is 4.88. The molecule has 0 N–H and O–H groups in total. The fourth-order valence-corrected chi connectivity index (χ4v) is 3.70. The highest BCUT2D eigenvalue weighted by molar-refractivity contribution is 6.31. The Morgan fingerprint density at radius 1 is 1.19 bits per heavy atom. The highest BCUT2D eigenvalue weighted by Gasteiger charge is 2.56. The predicted octanol–water partition coefficient (Wildman–Crippen LogP) is 4.27. The molecule has 1 saturated heterocycles. The van der Waals surface area contributed by atoms with Crippen molar-refractivity contribution in [3.63, 3.8) is 0 Å². The van der Waals surface area contributed by atoms with Gasteiger partial charge in [-0.2, -0.15) is 0 Å². The fraction of sp³-hybridized carbons (Fsp3) is 0.381. The number of carbonyl (C=O) groups excluding carboxylic acids is 1. The molecule has 2 heterocycles. The van der Waals surface area contributed by atoms with Gasteiger partial charge in [-0.3, -0.25) is 4.79 Å². The molecule has 0 aliphatic carbocycles. The summed E-state index contributed by atoms with van der Waals surface area (Å²) in [4.78, 5) is 15.0. The Bertz CT molecular complexity index is 848. The van der Waals surface area contributed by atoms with E-state index in [1.807, 2.05) is 30.3 Å². The van der Waals surface area contributed by atoms with Crippen LogP contribution in [0.15, 0.2) is 42.5 Å². The van der Waals surface area contributed by atoms with E-state index in [2.05, 4.69) is 6.92 Å². The first-order valence-electron chi connectivity index (χ1n) is 9.26. The third-order valence-corrected chi connectivity index (χ3v) is 5.12. The number of hydrogen-bond acceptors (Lipinski definition) is 4. The number of ether oxygens (including phenoxy) is 3. The molecule has 2 aromatic rings. The molecule has 1 amide bonds. The van der Waals surface area contributed by atoms with Crippen LogP contribution in [0, 0.1) is 0 Å². The Morgan fingerprint density at radius 3 is 2.74 bits per heavy atom. The monoisotopic (exact) mass is 387 g/mol. The minimum Gasteiger partial charge on any atom is -0.493 e. The van der Waals surface area contributed by atoms with Crippen LogP contribution in [0.3, 0.4) is 0 Å². The van der Waals surface area contributed by atoms with Gasteiger partial charge in [0.25, 0.3) is 11.7 Å². The molecule has 0 unspecified atom stereocenters. The number of anilines is 1. The van der Waals surface area contributed by atoms with Crippen LogP contribution in [0.2, 0.25) is 5.02 Å². The molecule has 6 heteroatoms. The van der Waals surface area contributed by atoms with Crippen LogP contribution in [0.1, 0.15) is 30.9 Å². The molecule has 4 rings (SSSR count). The number of amides is 1. The molecule has 2 aromatic carbocycles. The molecule has 0 atom stereocenters. The Morgan fingerprint density at radius 2 is 1.96 bits per heavy atom. The van der Waals surface area contributed by atoms with Crippen molar-refractivity contribution in [2.45, 2.75) is 32.1 Å². The molecule has 5 nitrogen and oxygen atoms in total. The largest absolute Gasteiger partial charge is 0.493 e. The zero-order valence-corrected chi connectivity index (χ0v) is 16.0. The average Bonchev–Trinajstić information content (AvgIpc) is 3.25. The van der Waals surface area contributed by atoms with Gasteiger partial charge >= 0.3 is 0 Å². The van der Waals surface area contributed by atoms with Crippen molar-refractivity contribution in [1.82, 2.24) is 0 Å². The van der Waals surface area contributed by atoms with E-state index in [0.29, 0.717) is 37.0 Å². The van der Waals surface area contributed by atoms with Crippen molar-refractivity contribution in [3.05, 3.63) is 58.6 Å². The van der Waals surface area contributed by atoms with Crippen LogP contribution in [-0.4, -0.2) is 25.7 Å². The summed E-state index contributed by atoms with van der Waals surface area (Å²) < 4.78 is 17.5. The zero-order valence-electron chi connectivity index (χ0n) is 15.2. The van der Waals surface area contributed by atoms with Crippen molar-refractivity contribution in [2.75, 3.05) is 24.7 Å². The zero-order chi connectivity index (χ0) is 18.9. The SMILES string of the molecule is CCCCOc1ccccc1CN1C(=O)C2(OCCO2)c2cc(Cl)ccc21. The number of benzene rings is 2. The smallest absolute Gasteiger partial charge is 0.292 e. The van der Waals surface area contributed by atoms with E-state index in [-0.39, 0.29) is 5.91 Å². The molecule has 2 aliphatic heterocycles. The van der Waals surface area contributed by atoms with Crippen molar-refractivity contribution >= 4 is 23.2 Å². The van der Waals surface area contributed by atoms with Gasteiger partial charge in [0, 0.05) is 16.1 Å². The second-order valence-corrected chi connectivity index (χ2v) is 7.11. The normalized spacial score (nSPS) is 17.6. The standard InChI is InChI=1S/C21H22ClNO4/c1-2-3-10-25-19-7-5-4-6-15(19)14-23-18-9-8-16(22)13-17(18)21(20(23)24)26-11-12-27-21/h4-9,13H,2-3,10-12,14H2,1H3. The third kappa shape index (κ3) is 3.20. The number of hydrogen-bond donors (Lipinski definition) is 0. The van der Waals surface area contributed by atoms with E-state index in [1.165, 1.54) is 0 Å². The number of rotatable bonds is 6. The summed E-state index contributed by atoms with van der Waals surface area (Å²) >= 11 is 6.18. The number of carbonyl (C=O) groups is 1. The van der Waals surface area contributed by atoms with Gasteiger partial charge in [-0.15, -0.1) is 0 Å². The molecule has 2 aliphatic rings. The minimum atomic E-state index is -1.38. The molecule has 0 radical (unpaired) electrons. The average molecular weight is 388 g/mol. The van der Waals surface area contributed by atoms with Gasteiger partial charge < -0.3 is 19.1 Å². The number of halogens is 1. The van der Waals surface area contributed by atoms with Gasteiger partial charge in [0.1, 0.15) is 5.75 Å². The molecule has 0 saturated carbocycles. The molecule has 27 heavy (non-hydrogen) atoms. The molecule has 1 spiro atoms. The number of nitrogens with zero attached hydrogens (tertiary/aromatic N) is 1. The lowest BCUT2D eigenvalue weighted by Crippen LogP contribution is -2.41. The second kappa shape index (κ2) is 7.50. The Kier molecular flexibility index (Phi) is 5.08. The summed E-state index contributed by atoms with van der Waals surface area (Å²) in [6.45, 7) is 3.92. The fourth-order valence-electron chi connectivity index (χ4n) is 3.53. The van der Waals surface area contributed by atoms with E-state index in [9.17, 15) is 4.79 Å². The van der Waals surface area contributed by atoms with Crippen molar-refractivity contribution in [3.8, 4) is 5.75 Å². The van der Waals surface area contributed by atoms with E-state index in [4.69, 9.17) is 25.8 Å². The summed E-state index contributed by atoms with van der Waals surface area (Å²) in [5.74, 6) is -0.804. The number of unbranched alkanes of at least 4 members (excludes halogenated alkanes) is 1. The molecular weight excluding hydrogens is 366 g/mol. The Balaban J connectivity index is 1.67. The first-order valence-corrected chi connectivity index (χ1v) is 9.64. The van der Waals surface area contributed by atoms with Gasteiger partial charge in [-0.25, -0.2) is 0 Å². The van der Waals surface area contributed by atoms with Gasteiger partial charge in [0.2, 0.25) is 0 Å². The van der Waals surface area contributed by atoms with Gasteiger partial charge in [-0.1, -0.05) is 43.1 Å². The molecule has 0 aromatic heterocycles. The first-order chi connectivity index (χ1) is 13.2. The summed E-state index contributed by atoms with van der Waals surface area (Å²) in [6, 6.07) is 13.2. The maximum absolute atomic E-state index is 13.3. The quantitative estimate of drug-likeness (QED) is 0.695. The van der Waals surface area contributed by atoms with E-state index < -0.39 is 5.79 Å². The van der Waals surface area contributed by atoms with Crippen molar-refractivity contribution < 1.29 is 19.0 Å². The van der Waals surface area contributed by atoms with Gasteiger partial charge in [0.15, 0.2) is 0 Å². The lowest BCUT2D eigenvalue weighted by Gasteiger charge is -2.23. The summed E-state index contributed by atoms with van der Waals surface area (Å²) in [7, 11) is 0. The van der Waals surface area contributed by atoms with Crippen LogP contribution >= 0.6 is 11.6 Å². The van der Waals surface area contributed by atoms with E-state index in [0.717, 1.165) is 29.8 Å². The number of fused-ring (bicyclic) bond motifs is 2. The maximum Gasteiger partial charge on any atom is 0.292 e. The van der Waals surface area contributed by atoms with Crippen molar-refractivity contribution in [2.24, 2.45) is 0 Å².